The Morgan fingerprint density at radius 3 is 2.32 bits per heavy atom. The van der Waals surface area contributed by atoms with Crippen molar-refractivity contribution in [3.63, 3.8) is 0 Å². The molecule has 0 aliphatic rings. The topological polar surface area (TPSA) is 36.4 Å². The fourth-order valence-electron chi connectivity index (χ4n) is 1.33. The van der Waals surface area contributed by atoms with Crippen LogP contribution in [0.2, 0.25) is 0 Å². The second kappa shape index (κ2) is 6.96. The van der Waals surface area contributed by atoms with Crippen LogP contribution >= 0.6 is 0 Å². The maximum absolute atomic E-state index is 12.7. The standard InChI is InChI=1S/C12H15F4N3/c1-17-11(18-7-6-12(14,15)16)19-8-9-2-4-10(13)5-3-9/h2-5H,6-8H2,1H3,(H2,17,18,19). The first-order valence-electron chi connectivity index (χ1n) is 5.66. The third-order valence-electron chi connectivity index (χ3n) is 2.30. The number of alkyl halides is 3. The molecule has 0 heterocycles. The number of benzene rings is 1. The highest BCUT2D eigenvalue weighted by atomic mass is 19.4. The van der Waals surface area contributed by atoms with E-state index < -0.39 is 12.6 Å². The quantitative estimate of drug-likeness (QED) is 0.504. The smallest absolute Gasteiger partial charge is 0.356 e. The van der Waals surface area contributed by atoms with Gasteiger partial charge in [0.1, 0.15) is 5.82 Å². The summed E-state index contributed by atoms with van der Waals surface area (Å²) in [6.07, 6.45) is -5.12. The summed E-state index contributed by atoms with van der Waals surface area (Å²) in [4.78, 5) is 3.79. The maximum Gasteiger partial charge on any atom is 0.390 e. The lowest BCUT2D eigenvalue weighted by Gasteiger charge is -2.12. The molecule has 0 fully saturated rings. The number of aliphatic imine (C=N–C) groups is 1. The maximum atomic E-state index is 12.7. The molecule has 0 aromatic heterocycles. The van der Waals surface area contributed by atoms with Crippen LogP contribution in [0.3, 0.4) is 0 Å². The van der Waals surface area contributed by atoms with E-state index in [2.05, 4.69) is 15.6 Å². The number of hydrogen-bond donors (Lipinski definition) is 2. The number of rotatable bonds is 4. The zero-order valence-corrected chi connectivity index (χ0v) is 10.4. The Morgan fingerprint density at radius 2 is 1.79 bits per heavy atom. The first kappa shape index (κ1) is 15.3. The Hall–Kier alpha value is -1.79. The minimum absolute atomic E-state index is 0.243. The zero-order valence-electron chi connectivity index (χ0n) is 10.4. The van der Waals surface area contributed by atoms with Crippen molar-refractivity contribution in [2.24, 2.45) is 4.99 Å². The highest BCUT2D eigenvalue weighted by Gasteiger charge is 2.26. The molecular weight excluding hydrogens is 262 g/mol. The third kappa shape index (κ3) is 6.64. The highest BCUT2D eigenvalue weighted by molar-refractivity contribution is 5.79. The zero-order chi connectivity index (χ0) is 14.3. The molecule has 0 aliphatic carbocycles. The molecule has 0 aliphatic heterocycles. The fourth-order valence-corrected chi connectivity index (χ4v) is 1.33. The molecule has 19 heavy (non-hydrogen) atoms. The SMILES string of the molecule is CN=C(NCCC(F)(F)F)NCc1ccc(F)cc1. The third-order valence-corrected chi connectivity index (χ3v) is 2.30. The molecule has 1 aromatic rings. The first-order valence-corrected chi connectivity index (χ1v) is 5.66. The van der Waals surface area contributed by atoms with Crippen molar-refractivity contribution in [2.45, 2.75) is 19.1 Å². The number of guanidine groups is 1. The van der Waals surface area contributed by atoms with E-state index in [-0.39, 0.29) is 18.3 Å². The lowest BCUT2D eigenvalue weighted by molar-refractivity contribution is -0.132. The largest absolute Gasteiger partial charge is 0.390 e. The lowest BCUT2D eigenvalue weighted by Crippen LogP contribution is -2.38. The normalized spacial score (nSPS) is 12.4. The van der Waals surface area contributed by atoms with Gasteiger partial charge in [0.2, 0.25) is 0 Å². The van der Waals surface area contributed by atoms with E-state index in [0.717, 1.165) is 5.56 Å². The van der Waals surface area contributed by atoms with Gasteiger partial charge in [-0.2, -0.15) is 13.2 Å². The summed E-state index contributed by atoms with van der Waals surface area (Å²) in [7, 11) is 1.47. The molecule has 0 amide bonds. The minimum atomic E-state index is -4.19. The van der Waals surface area contributed by atoms with Crippen molar-refractivity contribution < 1.29 is 17.6 Å². The van der Waals surface area contributed by atoms with Crippen LogP contribution in [0.25, 0.3) is 0 Å². The number of halogens is 4. The van der Waals surface area contributed by atoms with Crippen LogP contribution in [0.5, 0.6) is 0 Å². The molecule has 0 atom stereocenters. The van der Waals surface area contributed by atoms with Crippen LogP contribution in [0.1, 0.15) is 12.0 Å². The van der Waals surface area contributed by atoms with Gasteiger partial charge in [-0.05, 0) is 17.7 Å². The summed E-state index contributed by atoms with van der Waals surface area (Å²) in [5, 5.41) is 5.39. The Labute approximate surface area is 108 Å². The molecule has 0 spiro atoms. The molecule has 2 N–H and O–H groups in total. The van der Waals surface area contributed by atoms with Crippen molar-refractivity contribution >= 4 is 5.96 Å². The van der Waals surface area contributed by atoms with E-state index in [1.165, 1.54) is 19.2 Å². The second-order valence-corrected chi connectivity index (χ2v) is 3.84. The van der Waals surface area contributed by atoms with E-state index in [1.807, 2.05) is 0 Å². The van der Waals surface area contributed by atoms with Crippen LogP contribution in [0.4, 0.5) is 17.6 Å². The van der Waals surface area contributed by atoms with Gasteiger partial charge in [0, 0.05) is 20.1 Å². The molecule has 0 saturated heterocycles. The Balaban J connectivity index is 2.35. The van der Waals surface area contributed by atoms with Gasteiger partial charge in [-0.1, -0.05) is 12.1 Å². The van der Waals surface area contributed by atoms with E-state index in [4.69, 9.17) is 0 Å². The van der Waals surface area contributed by atoms with Crippen LogP contribution in [0, 0.1) is 5.82 Å². The fraction of sp³-hybridized carbons (Fsp3) is 0.417. The van der Waals surface area contributed by atoms with Crippen LogP contribution in [0.15, 0.2) is 29.3 Å². The lowest BCUT2D eigenvalue weighted by atomic mass is 10.2. The van der Waals surface area contributed by atoms with Crippen molar-refractivity contribution in [3.8, 4) is 0 Å². The molecule has 0 bridgehead atoms. The van der Waals surface area contributed by atoms with Gasteiger partial charge in [0.05, 0.1) is 6.42 Å². The second-order valence-electron chi connectivity index (χ2n) is 3.84. The van der Waals surface area contributed by atoms with Gasteiger partial charge in [-0.3, -0.25) is 4.99 Å². The van der Waals surface area contributed by atoms with Gasteiger partial charge >= 0.3 is 6.18 Å². The van der Waals surface area contributed by atoms with E-state index in [0.29, 0.717) is 6.54 Å². The predicted octanol–water partition coefficient (Wildman–Crippen LogP) is 2.44. The van der Waals surface area contributed by atoms with Gasteiger partial charge in [-0.15, -0.1) is 0 Å². The summed E-state index contributed by atoms with van der Waals surface area (Å²) >= 11 is 0. The van der Waals surface area contributed by atoms with Crippen molar-refractivity contribution in [2.75, 3.05) is 13.6 Å². The van der Waals surface area contributed by atoms with Crippen LogP contribution in [-0.4, -0.2) is 25.7 Å². The van der Waals surface area contributed by atoms with E-state index in [1.54, 1.807) is 12.1 Å². The molecule has 0 saturated carbocycles. The monoisotopic (exact) mass is 277 g/mol. The molecule has 1 rings (SSSR count). The molecule has 7 heteroatoms. The molecule has 106 valence electrons. The minimum Gasteiger partial charge on any atom is -0.356 e. The van der Waals surface area contributed by atoms with E-state index >= 15 is 0 Å². The Morgan fingerprint density at radius 1 is 1.16 bits per heavy atom. The van der Waals surface area contributed by atoms with Crippen LogP contribution in [-0.2, 0) is 6.54 Å². The average molecular weight is 277 g/mol. The van der Waals surface area contributed by atoms with Crippen molar-refractivity contribution in [3.05, 3.63) is 35.6 Å². The number of nitrogens with zero attached hydrogens (tertiary/aromatic N) is 1. The Kier molecular flexibility index (Phi) is 5.59. The highest BCUT2D eigenvalue weighted by Crippen LogP contribution is 2.17. The molecule has 0 radical (unpaired) electrons. The summed E-state index contributed by atoms with van der Waals surface area (Å²) in [6.45, 7) is 0.110. The molecule has 3 nitrogen and oxygen atoms in total. The molecule has 0 unspecified atom stereocenters. The predicted molar refractivity (Wildman–Crippen MR) is 65.3 cm³/mol. The summed E-state index contributed by atoms with van der Waals surface area (Å²) < 4.78 is 48.6. The van der Waals surface area contributed by atoms with Gasteiger partial charge in [0.15, 0.2) is 5.96 Å². The molecular formula is C12H15F4N3. The van der Waals surface area contributed by atoms with E-state index in [9.17, 15) is 17.6 Å². The summed E-state index contributed by atoms with van der Waals surface area (Å²) in [6, 6.07) is 5.81. The van der Waals surface area contributed by atoms with Gasteiger partial charge in [0.25, 0.3) is 0 Å². The number of nitrogens with one attached hydrogen (secondary N) is 2. The van der Waals surface area contributed by atoms with Gasteiger partial charge < -0.3 is 10.6 Å². The summed E-state index contributed by atoms with van der Waals surface area (Å²) in [5.74, 6) is -0.0648. The molecule has 1 aromatic carbocycles. The van der Waals surface area contributed by atoms with Gasteiger partial charge in [-0.25, -0.2) is 4.39 Å². The first-order chi connectivity index (χ1) is 8.90. The van der Waals surface area contributed by atoms with Crippen molar-refractivity contribution in [1.29, 1.82) is 0 Å². The summed E-state index contributed by atoms with van der Waals surface area (Å²) in [5.41, 5.74) is 0.806. The number of hydrogen-bond acceptors (Lipinski definition) is 1. The Bertz CT molecular complexity index is 412. The average Bonchev–Trinajstić information content (AvgIpc) is 2.34. The van der Waals surface area contributed by atoms with Crippen molar-refractivity contribution in [1.82, 2.24) is 10.6 Å². The van der Waals surface area contributed by atoms with Crippen LogP contribution < -0.4 is 10.6 Å².